The zero-order valence-electron chi connectivity index (χ0n) is 10.0. The van der Waals surface area contributed by atoms with Crippen molar-refractivity contribution in [3.63, 3.8) is 0 Å². The lowest BCUT2D eigenvalue weighted by Crippen LogP contribution is -1.92. The van der Waals surface area contributed by atoms with Crippen molar-refractivity contribution < 1.29 is 19.7 Å². The van der Waals surface area contributed by atoms with Gasteiger partial charge in [0.25, 0.3) is 0 Å². The molecule has 0 radical (unpaired) electrons. The SMILES string of the molecule is Nc1ccc(O)c(O)c1.Nc1ccc2c(c1)OCO2. The van der Waals surface area contributed by atoms with Gasteiger partial charge in [0.15, 0.2) is 23.0 Å². The fraction of sp³-hybridized carbons (Fsp3) is 0.0769. The first-order valence-electron chi connectivity index (χ1n) is 5.49. The molecule has 0 saturated heterocycles. The number of fused-ring (bicyclic) bond motifs is 1. The van der Waals surface area contributed by atoms with Gasteiger partial charge in [-0.3, -0.25) is 0 Å². The number of anilines is 2. The van der Waals surface area contributed by atoms with Crippen LogP contribution < -0.4 is 20.9 Å². The summed E-state index contributed by atoms with van der Waals surface area (Å²) in [6, 6.07) is 9.47. The highest BCUT2D eigenvalue weighted by Crippen LogP contribution is 2.33. The average Bonchev–Trinajstić information content (AvgIpc) is 2.82. The molecule has 100 valence electrons. The van der Waals surface area contributed by atoms with Crippen LogP contribution in [0.1, 0.15) is 0 Å². The molecule has 6 nitrogen and oxygen atoms in total. The Morgan fingerprint density at radius 1 is 0.789 bits per heavy atom. The standard InChI is InChI=1S/C7H7NO2.C6H7NO2/c8-5-1-2-6-7(3-5)10-4-9-6;7-4-1-2-5(8)6(9)3-4/h1-3H,4,8H2;1-3,8-9H,7H2. The van der Waals surface area contributed by atoms with Crippen molar-refractivity contribution >= 4 is 11.4 Å². The summed E-state index contributed by atoms with van der Waals surface area (Å²) in [4.78, 5) is 0. The molecule has 1 aliphatic heterocycles. The minimum absolute atomic E-state index is 0.149. The van der Waals surface area contributed by atoms with Gasteiger partial charge in [0.2, 0.25) is 6.79 Å². The number of benzene rings is 2. The van der Waals surface area contributed by atoms with Crippen molar-refractivity contribution in [1.82, 2.24) is 0 Å². The van der Waals surface area contributed by atoms with E-state index in [0.29, 0.717) is 18.2 Å². The van der Waals surface area contributed by atoms with E-state index in [1.54, 1.807) is 18.2 Å². The summed E-state index contributed by atoms with van der Waals surface area (Å²) in [5, 5.41) is 17.5. The van der Waals surface area contributed by atoms with Crippen molar-refractivity contribution in [1.29, 1.82) is 0 Å². The van der Waals surface area contributed by atoms with Crippen LogP contribution in [0.15, 0.2) is 36.4 Å². The second kappa shape index (κ2) is 5.26. The second-order valence-electron chi connectivity index (χ2n) is 3.86. The Hall–Kier alpha value is -2.76. The number of phenolic OH excluding ortho intramolecular Hbond substituents is 2. The molecule has 2 aromatic carbocycles. The fourth-order valence-electron chi connectivity index (χ4n) is 1.45. The number of hydrogen-bond acceptors (Lipinski definition) is 6. The first kappa shape index (κ1) is 12.7. The third-order valence-electron chi connectivity index (χ3n) is 2.40. The van der Waals surface area contributed by atoms with Gasteiger partial charge in [-0.2, -0.15) is 0 Å². The van der Waals surface area contributed by atoms with Crippen LogP contribution in [0.3, 0.4) is 0 Å². The molecule has 0 spiro atoms. The predicted octanol–water partition coefficient (Wildman–Crippen LogP) is 1.68. The molecule has 1 aliphatic rings. The van der Waals surface area contributed by atoms with Crippen molar-refractivity contribution in [2.45, 2.75) is 0 Å². The number of nitrogens with two attached hydrogens (primary N) is 2. The molecule has 0 atom stereocenters. The van der Waals surface area contributed by atoms with E-state index < -0.39 is 0 Å². The molecule has 1 heterocycles. The lowest BCUT2D eigenvalue weighted by molar-refractivity contribution is 0.174. The van der Waals surface area contributed by atoms with Crippen LogP contribution in [-0.4, -0.2) is 17.0 Å². The van der Waals surface area contributed by atoms with Crippen LogP contribution in [0, 0.1) is 0 Å². The number of phenols is 2. The summed E-state index contributed by atoms with van der Waals surface area (Å²) in [7, 11) is 0. The van der Waals surface area contributed by atoms with E-state index in [1.807, 2.05) is 0 Å². The van der Waals surface area contributed by atoms with Gasteiger partial charge in [-0.1, -0.05) is 0 Å². The molecule has 0 bridgehead atoms. The van der Waals surface area contributed by atoms with Crippen molar-refractivity contribution in [3.8, 4) is 23.0 Å². The van der Waals surface area contributed by atoms with Crippen LogP contribution >= 0.6 is 0 Å². The summed E-state index contributed by atoms with van der Waals surface area (Å²) in [6.07, 6.45) is 0. The molecule has 3 rings (SSSR count). The second-order valence-corrected chi connectivity index (χ2v) is 3.86. The molecule has 19 heavy (non-hydrogen) atoms. The fourth-order valence-corrected chi connectivity index (χ4v) is 1.45. The third kappa shape index (κ3) is 3.12. The van der Waals surface area contributed by atoms with Gasteiger partial charge in [0.1, 0.15) is 0 Å². The number of rotatable bonds is 0. The molecule has 6 N–H and O–H groups in total. The molecule has 0 aromatic heterocycles. The molecule has 0 aliphatic carbocycles. The van der Waals surface area contributed by atoms with Gasteiger partial charge in [-0.25, -0.2) is 0 Å². The predicted molar refractivity (Wildman–Crippen MR) is 71.2 cm³/mol. The summed E-state index contributed by atoms with van der Waals surface area (Å²) in [6.45, 7) is 0.304. The first-order chi connectivity index (χ1) is 9.06. The smallest absolute Gasteiger partial charge is 0.231 e. The van der Waals surface area contributed by atoms with E-state index in [-0.39, 0.29) is 11.5 Å². The molecular weight excluding hydrogens is 248 g/mol. The minimum Gasteiger partial charge on any atom is -0.504 e. The lowest BCUT2D eigenvalue weighted by Gasteiger charge is -1.95. The largest absolute Gasteiger partial charge is 0.504 e. The molecule has 0 saturated carbocycles. The van der Waals surface area contributed by atoms with E-state index >= 15 is 0 Å². The van der Waals surface area contributed by atoms with Crippen molar-refractivity contribution in [3.05, 3.63) is 36.4 Å². The zero-order valence-corrected chi connectivity index (χ0v) is 10.0. The molecule has 6 heteroatoms. The Balaban J connectivity index is 0.000000141. The minimum atomic E-state index is -0.185. The van der Waals surface area contributed by atoms with E-state index in [9.17, 15) is 0 Å². The molecular formula is C13H14N2O4. The number of aromatic hydroxyl groups is 2. The Kier molecular flexibility index (Phi) is 3.51. The van der Waals surface area contributed by atoms with E-state index in [1.165, 1.54) is 18.2 Å². The Labute approximate surface area is 109 Å². The van der Waals surface area contributed by atoms with Gasteiger partial charge in [0, 0.05) is 23.5 Å². The van der Waals surface area contributed by atoms with Gasteiger partial charge in [0.05, 0.1) is 0 Å². The normalized spacial score (nSPS) is 11.6. The summed E-state index contributed by atoms with van der Waals surface area (Å²) in [5.74, 6) is 1.17. The maximum atomic E-state index is 8.77. The Morgan fingerprint density at radius 3 is 2.11 bits per heavy atom. The maximum absolute atomic E-state index is 8.77. The van der Waals surface area contributed by atoms with Crippen LogP contribution in [0.2, 0.25) is 0 Å². The van der Waals surface area contributed by atoms with Crippen LogP contribution in [0.25, 0.3) is 0 Å². The van der Waals surface area contributed by atoms with Gasteiger partial charge in [-0.15, -0.1) is 0 Å². The van der Waals surface area contributed by atoms with Gasteiger partial charge < -0.3 is 31.2 Å². The quantitative estimate of drug-likeness (QED) is 0.326. The van der Waals surface area contributed by atoms with Gasteiger partial charge >= 0.3 is 0 Å². The Morgan fingerprint density at radius 2 is 1.42 bits per heavy atom. The van der Waals surface area contributed by atoms with Crippen LogP contribution in [-0.2, 0) is 0 Å². The highest BCUT2D eigenvalue weighted by molar-refractivity contribution is 5.53. The maximum Gasteiger partial charge on any atom is 0.231 e. The van der Waals surface area contributed by atoms with Gasteiger partial charge in [-0.05, 0) is 24.3 Å². The monoisotopic (exact) mass is 262 g/mol. The van der Waals surface area contributed by atoms with E-state index in [0.717, 1.165) is 11.5 Å². The molecule has 0 unspecified atom stereocenters. The average molecular weight is 262 g/mol. The summed E-state index contributed by atoms with van der Waals surface area (Å²) < 4.78 is 10.2. The Bertz CT molecular complexity index is 587. The molecule has 2 aromatic rings. The summed E-state index contributed by atoms with van der Waals surface area (Å²) in [5.41, 5.74) is 11.9. The molecule has 0 fully saturated rings. The number of hydrogen-bond donors (Lipinski definition) is 4. The van der Waals surface area contributed by atoms with Crippen LogP contribution in [0.5, 0.6) is 23.0 Å². The zero-order chi connectivity index (χ0) is 13.8. The summed E-state index contributed by atoms with van der Waals surface area (Å²) >= 11 is 0. The third-order valence-corrected chi connectivity index (χ3v) is 2.40. The van der Waals surface area contributed by atoms with E-state index in [2.05, 4.69) is 0 Å². The lowest BCUT2D eigenvalue weighted by atomic mass is 10.3. The number of ether oxygens (including phenoxy) is 2. The number of nitrogen functional groups attached to an aromatic ring is 2. The highest BCUT2D eigenvalue weighted by atomic mass is 16.7. The topological polar surface area (TPSA) is 111 Å². The molecule has 0 amide bonds. The highest BCUT2D eigenvalue weighted by Gasteiger charge is 2.11. The van der Waals surface area contributed by atoms with E-state index in [4.69, 9.17) is 31.2 Å². The van der Waals surface area contributed by atoms with Crippen LogP contribution in [0.4, 0.5) is 11.4 Å². The first-order valence-corrected chi connectivity index (χ1v) is 5.49. The van der Waals surface area contributed by atoms with Crippen molar-refractivity contribution in [2.24, 2.45) is 0 Å². The van der Waals surface area contributed by atoms with Crippen molar-refractivity contribution in [2.75, 3.05) is 18.3 Å².